The molecule has 1 saturated heterocycles. The van der Waals surface area contributed by atoms with Gasteiger partial charge in [-0.3, -0.25) is 9.59 Å². The first kappa shape index (κ1) is 13.8. The Morgan fingerprint density at radius 3 is 3.05 bits per heavy atom. The molecule has 0 bridgehead atoms. The van der Waals surface area contributed by atoms with E-state index in [4.69, 9.17) is 0 Å². The SMILES string of the molecule is Cc1cc(=O)n(C)cc1NC(=O)CCC1CCNC1. The molecule has 19 heavy (non-hydrogen) atoms. The molecule has 1 aromatic rings. The van der Waals surface area contributed by atoms with Crippen molar-refractivity contribution in [3.63, 3.8) is 0 Å². The fourth-order valence-corrected chi connectivity index (χ4v) is 2.36. The van der Waals surface area contributed by atoms with Crippen molar-refractivity contribution in [1.82, 2.24) is 9.88 Å². The smallest absolute Gasteiger partial charge is 0.250 e. The van der Waals surface area contributed by atoms with E-state index in [1.165, 1.54) is 10.6 Å². The summed E-state index contributed by atoms with van der Waals surface area (Å²) in [5.74, 6) is 0.639. The van der Waals surface area contributed by atoms with Gasteiger partial charge in [-0.05, 0) is 44.3 Å². The number of nitrogens with one attached hydrogen (secondary N) is 2. The molecule has 2 heterocycles. The molecule has 2 N–H and O–H groups in total. The van der Waals surface area contributed by atoms with Crippen molar-refractivity contribution in [3.8, 4) is 0 Å². The predicted molar refractivity (Wildman–Crippen MR) is 75.3 cm³/mol. The minimum Gasteiger partial charge on any atom is -0.325 e. The van der Waals surface area contributed by atoms with Crippen LogP contribution in [-0.4, -0.2) is 23.6 Å². The van der Waals surface area contributed by atoms with E-state index in [0.717, 1.165) is 37.2 Å². The lowest BCUT2D eigenvalue weighted by atomic mass is 10.0. The van der Waals surface area contributed by atoms with E-state index < -0.39 is 0 Å². The van der Waals surface area contributed by atoms with Crippen LogP contribution in [0.25, 0.3) is 0 Å². The number of rotatable bonds is 4. The maximum absolute atomic E-state index is 11.9. The van der Waals surface area contributed by atoms with E-state index >= 15 is 0 Å². The lowest BCUT2D eigenvalue weighted by molar-refractivity contribution is -0.116. The van der Waals surface area contributed by atoms with Crippen molar-refractivity contribution in [2.24, 2.45) is 13.0 Å². The van der Waals surface area contributed by atoms with Gasteiger partial charge in [-0.1, -0.05) is 0 Å². The van der Waals surface area contributed by atoms with Gasteiger partial charge in [-0.2, -0.15) is 0 Å². The summed E-state index contributed by atoms with van der Waals surface area (Å²) in [6.45, 7) is 3.91. The molecule has 2 rings (SSSR count). The average Bonchev–Trinajstić information content (AvgIpc) is 2.86. The van der Waals surface area contributed by atoms with Crippen LogP contribution in [0.2, 0.25) is 0 Å². The third-order valence-corrected chi connectivity index (χ3v) is 3.65. The number of nitrogens with zero attached hydrogens (tertiary/aromatic N) is 1. The van der Waals surface area contributed by atoms with Crippen LogP contribution in [0.1, 0.15) is 24.8 Å². The number of hydrogen-bond donors (Lipinski definition) is 2. The van der Waals surface area contributed by atoms with Crippen LogP contribution in [-0.2, 0) is 11.8 Å². The molecule has 1 amide bonds. The molecule has 1 aromatic heterocycles. The molecule has 0 saturated carbocycles. The summed E-state index contributed by atoms with van der Waals surface area (Å²) in [5, 5.41) is 6.18. The molecule has 1 fully saturated rings. The summed E-state index contributed by atoms with van der Waals surface area (Å²) in [6, 6.07) is 1.54. The van der Waals surface area contributed by atoms with E-state index in [-0.39, 0.29) is 11.5 Å². The number of amides is 1. The minimum atomic E-state index is -0.0625. The zero-order valence-electron chi connectivity index (χ0n) is 11.5. The topological polar surface area (TPSA) is 63.1 Å². The number of anilines is 1. The van der Waals surface area contributed by atoms with Crippen LogP contribution in [0.5, 0.6) is 0 Å². The predicted octanol–water partition coefficient (Wildman–Crippen LogP) is 1.02. The Morgan fingerprint density at radius 2 is 2.37 bits per heavy atom. The zero-order valence-corrected chi connectivity index (χ0v) is 11.5. The largest absolute Gasteiger partial charge is 0.325 e. The van der Waals surface area contributed by atoms with Crippen LogP contribution in [0.3, 0.4) is 0 Å². The highest BCUT2D eigenvalue weighted by atomic mass is 16.1. The van der Waals surface area contributed by atoms with Gasteiger partial charge in [0.25, 0.3) is 5.56 Å². The van der Waals surface area contributed by atoms with Gasteiger partial charge in [0.15, 0.2) is 0 Å². The normalized spacial score (nSPS) is 18.5. The van der Waals surface area contributed by atoms with Crippen molar-refractivity contribution in [2.45, 2.75) is 26.2 Å². The highest BCUT2D eigenvalue weighted by Gasteiger charge is 2.16. The quantitative estimate of drug-likeness (QED) is 0.852. The van der Waals surface area contributed by atoms with Crippen molar-refractivity contribution in [1.29, 1.82) is 0 Å². The maximum Gasteiger partial charge on any atom is 0.250 e. The van der Waals surface area contributed by atoms with Crippen LogP contribution >= 0.6 is 0 Å². The Labute approximate surface area is 113 Å². The van der Waals surface area contributed by atoms with E-state index in [2.05, 4.69) is 10.6 Å². The van der Waals surface area contributed by atoms with Gasteiger partial charge >= 0.3 is 0 Å². The van der Waals surface area contributed by atoms with Crippen molar-refractivity contribution >= 4 is 11.6 Å². The molecule has 5 nitrogen and oxygen atoms in total. The molecule has 104 valence electrons. The number of hydrogen-bond acceptors (Lipinski definition) is 3. The van der Waals surface area contributed by atoms with Gasteiger partial charge in [0, 0.05) is 25.7 Å². The molecule has 0 aliphatic carbocycles. The Bertz CT molecular complexity index is 516. The van der Waals surface area contributed by atoms with E-state index in [9.17, 15) is 9.59 Å². The van der Waals surface area contributed by atoms with Gasteiger partial charge in [0.1, 0.15) is 0 Å². The lowest BCUT2D eigenvalue weighted by Crippen LogP contribution is -2.20. The van der Waals surface area contributed by atoms with Crippen LogP contribution in [0, 0.1) is 12.8 Å². The number of pyridine rings is 1. The molecule has 1 atom stereocenters. The van der Waals surface area contributed by atoms with Crippen LogP contribution in [0.15, 0.2) is 17.1 Å². The molecule has 0 aromatic carbocycles. The molecule has 1 aliphatic heterocycles. The Kier molecular flexibility index (Phi) is 4.37. The highest BCUT2D eigenvalue weighted by molar-refractivity contribution is 5.91. The van der Waals surface area contributed by atoms with E-state index in [0.29, 0.717) is 12.3 Å². The second-order valence-corrected chi connectivity index (χ2v) is 5.26. The molecular weight excluding hydrogens is 242 g/mol. The Morgan fingerprint density at radius 1 is 1.58 bits per heavy atom. The third kappa shape index (κ3) is 3.67. The number of carbonyl (C=O) groups excluding carboxylic acids is 1. The van der Waals surface area contributed by atoms with Gasteiger partial charge < -0.3 is 15.2 Å². The Hall–Kier alpha value is -1.62. The fraction of sp³-hybridized carbons (Fsp3) is 0.571. The summed E-state index contributed by atoms with van der Waals surface area (Å²) in [7, 11) is 1.68. The lowest BCUT2D eigenvalue weighted by Gasteiger charge is -2.11. The molecule has 5 heteroatoms. The summed E-state index contributed by atoms with van der Waals surface area (Å²) < 4.78 is 1.48. The summed E-state index contributed by atoms with van der Waals surface area (Å²) >= 11 is 0. The summed E-state index contributed by atoms with van der Waals surface area (Å²) in [5.41, 5.74) is 1.46. The fourth-order valence-electron chi connectivity index (χ4n) is 2.36. The average molecular weight is 263 g/mol. The first-order valence-corrected chi connectivity index (χ1v) is 6.74. The first-order valence-electron chi connectivity index (χ1n) is 6.74. The second kappa shape index (κ2) is 6.02. The number of carbonyl (C=O) groups is 1. The van der Waals surface area contributed by atoms with E-state index in [1.54, 1.807) is 13.2 Å². The molecule has 1 unspecified atom stereocenters. The number of aryl methyl sites for hydroxylation is 2. The molecular formula is C14H21N3O2. The molecule has 0 spiro atoms. The van der Waals surface area contributed by atoms with Crippen molar-refractivity contribution in [2.75, 3.05) is 18.4 Å². The van der Waals surface area contributed by atoms with Gasteiger partial charge in [0.05, 0.1) is 5.69 Å². The minimum absolute atomic E-state index is 0.0219. The van der Waals surface area contributed by atoms with Crippen LogP contribution in [0.4, 0.5) is 5.69 Å². The second-order valence-electron chi connectivity index (χ2n) is 5.26. The molecule has 1 aliphatic rings. The first-order chi connectivity index (χ1) is 9.06. The number of aromatic nitrogens is 1. The monoisotopic (exact) mass is 263 g/mol. The van der Waals surface area contributed by atoms with Gasteiger partial charge in [-0.25, -0.2) is 0 Å². The molecule has 0 radical (unpaired) electrons. The zero-order chi connectivity index (χ0) is 13.8. The highest BCUT2D eigenvalue weighted by Crippen LogP contribution is 2.16. The summed E-state index contributed by atoms with van der Waals surface area (Å²) in [4.78, 5) is 23.3. The van der Waals surface area contributed by atoms with E-state index in [1.807, 2.05) is 6.92 Å². The Balaban J connectivity index is 1.91. The van der Waals surface area contributed by atoms with Gasteiger partial charge in [-0.15, -0.1) is 0 Å². The van der Waals surface area contributed by atoms with Gasteiger partial charge in [0.2, 0.25) is 5.91 Å². The van der Waals surface area contributed by atoms with Crippen molar-refractivity contribution < 1.29 is 4.79 Å². The standard InChI is InChI=1S/C14H21N3O2/c1-10-7-14(19)17(2)9-12(10)16-13(18)4-3-11-5-6-15-8-11/h7,9,11,15H,3-6,8H2,1-2H3,(H,16,18). The maximum atomic E-state index is 11.9. The summed E-state index contributed by atoms with van der Waals surface area (Å²) in [6.07, 6.45) is 4.29. The third-order valence-electron chi connectivity index (χ3n) is 3.65. The van der Waals surface area contributed by atoms with Crippen LogP contribution < -0.4 is 16.2 Å². The van der Waals surface area contributed by atoms with Crippen molar-refractivity contribution in [3.05, 3.63) is 28.2 Å².